The highest BCUT2D eigenvalue weighted by Crippen LogP contribution is 2.03. The minimum Gasteiger partial charge on any atom is -0.350 e. The second-order valence-electron chi connectivity index (χ2n) is 3.51. The van der Waals surface area contributed by atoms with E-state index in [1.807, 2.05) is 19.1 Å². The molecule has 0 aliphatic heterocycles. The zero-order valence-electron chi connectivity index (χ0n) is 8.94. The molecule has 0 aromatic carbocycles. The molecule has 0 fully saturated rings. The molecule has 1 rings (SSSR count). The molecule has 0 aliphatic rings. The summed E-state index contributed by atoms with van der Waals surface area (Å²) in [4.78, 5) is 14.9. The monoisotopic (exact) mass is 204 g/mol. The summed E-state index contributed by atoms with van der Waals surface area (Å²) in [5, 5.41) is 2.83. The maximum Gasteiger partial charge on any atom is 0.243 e. The average molecular weight is 204 g/mol. The number of carbonyl (C=O) groups is 1. The van der Waals surface area contributed by atoms with Gasteiger partial charge in [-0.2, -0.15) is 0 Å². The Morgan fingerprint density at radius 3 is 2.87 bits per heavy atom. The lowest BCUT2D eigenvalue weighted by Gasteiger charge is -2.11. The van der Waals surface area contributed by atoms with Crippen LogP contribution in [0.15, 0.2) is 37.2 Å². The van der Waals surface area contributed by atoms with Crippen LogP contribution >= 0.6 is 0 Å². The first-order chi connectivity index (χ1) is 7.22. The SMILES string of the molecule is C=CC(=O)NC(C)CCc1ccncc1. The van der Waals surface area contributed by atoms with Crippen molar-refractivity contribution in [2.75, 3.05) is 0 Å². The third-order valence-electron chi connectivity index (χ3n) is 2.19. The maximum absolute atomic E-state index is 11.0. The van der Waals surface area contributed by atoms with E-state index in [0.29, 0.717) is 0 Å². The Kier molecular flexibility index (Phi) is 4.54. The van der Waals surface area contributed by atoms with Crippen LogP contribution in [-0.2, 0) is 11.2 Å². The van der Waals surface area contributed by atoms with Crippen LogP contribution in [0.2, 0.25) is 0 Å². The first-order valence-electron chi connectivity index (χ1n) is 5.04. The fraction of sp³-hybridized carbons (Fsp3) is 0.333. The van der Waals surface area contributed by atoms with Crippen molar-refractivity contribution in [3.8, 4) is 0 Å². The molecule has 3 nitrogen and oxygen atoms in total. The molecule has 1 heterocycles. The van der Waals surface area contributed by atoms with Gasteiger partial charge in [-0.05, 0) is 43.5 Å². The van der Waals surface area contributed by atoms with Crippen LogP contribution in [0.1, 0.15) is 18.9 Å². The van der Waals surface area contributed by atoms with Crippen LogP contribution in [0.5, 0.6) is 0 Å². The maximum atomic E-state index is 11.0. The van der Waals surface area contributed by atoms with E-state index in [4.69, 9.17) is 0 Å². The number of aromatic nitrogens is 1. The molecule has 1 N–H and O–H groups in total. The van der Waals surface area contributed by atoms with Gasteiger partial charge in [-0.3, -0.25) is 9.78 Å². The zero-order valence-corrected chi connectivity index (χ0v) is 8.94. The minimum absolute atomic E-state index is 0.114. The van der Waals surface area contributed by atoms with Gasteiger partial charge in [0.25, 0.3) is 0 Å². The molecule has 0 bridgehead atoms. The van der Waals surface area contributed by atoms with Gasteiger partial charge in [-0.15, -0.1) is 0 Å². The summed E-state index contributed by atoms with van der Waals surface area (Å²) in [6.45, 7) is 5.40. The second-order valence-corrected chi connectivity index (χ2v) is 3.51. The molecule has 1 aromatic rings. The number of nitrogens with one attached hydrogen (secondary N) is 1. The molecule has 1 aromatic heterocycles. The number of aryl methyl sites for hydroxylation is 1. The normalized spacial score (nSPS) is 11.8. The number of pyridine rings is 1. The number of nitrogens with zero attached hydrogens (tertiary/aromatic N) is 1. The number of amides is 1. The van der Waals surface area contributed by atoms with Crippen molar-refractivity contribution in [2.24, 2.45) is 0 Å². The van der Waals surface area contributed by atoms with Gasteiger partial charge in [0.2, 0.25) is 5.91 Å². The first-order valence-corrected chi connectivity index (χ1v) is 5.04. The van der Waals surface area contributed by atoms with E-state index in [9.17, 15) is 4.79 Å². The van der Waals surface area contributed by atoms with E-state index in [0.717, 1.165) is 12.8 Å². The number of hydrogen-bond acceptors (Lipinski definition) is 2. The molecule has 1 amide bonds. The van der Waals surface area contributed by atoms with Gasteiger partial charge in [0.1, 0.15) is 0 Å². The van der Waals surface area contributed by atoms with Crippen molar-refractivity contribution >= 4 is 5.91 Å². The van der Waals surface area contributed by atoms with E-state index < -0.39 is 0 Å². The van der Waals surface area contributed by atoms with Crippen molar-refractivity contribution in [1.29, 1.82) is 0 Å². The Morgan fingerprint density at radius 1 is 1.60 bits per heavy atom. The summed E-state index contributed by atoms with van der Waals surface area (Å²) >= 11 is 0. The smallest absolute Gasteiger partial charge is 0.243 e. The summed E-state index contributed by atoms with van der Waals surface area (Å²) in [6, 6.07) is 4.15. The lowest BCUT2D eigenvalue weighted by Crippen LogP contribution is -2.31. The molecule has 0 saturated carbocycles. The van der Waals surface area contributed by atoms with Crippen LogP contribution in [0.25, 0.3) is 0 Å². The Bertz CT molecular complexity index is 322. The van der Waals surface area contributed by atoms with Crippen LogP contribution in [-0.4, -0.2) is 16.9 Å². The first kappa shape index (κ1) is 11.4. The molecule has 0 spiro atoms. The van der Waals surface area contributed by atoms with Crippen molar-refractivity contribution in [1.82, 2.24) is 10.3 Å². The third kappa shape index (κ3) is 4.40. The zero-order chi connectivity index (χ0) is 11.1. The van der Waals surface area contributed by atoms with Gasteiger partial charge >= 0.3 is 0 Å². The molecule has 0 radical (unpaired) electrons. The van der Waals surface area contributed by atoms with Crippen LogP contribution in [0, 0.1) is 0 Å². The van der Waals surface area contributed by atoms with Gasteiger partial charge in [-0.1, -0.05) is 6.58 Å². The molecule has 0 saturated heterocycles. The highest BCUT2D eigenvalue weighted by molar-refractivity contribution is 5.87. The fourth-order valence-corrected chi connectivity index (χ4v) is 1.31. The summed E-state index contributed by atoms with van der Waals surface area (Å²) in [7, 11) is 0. The van der Waals surface area contributed by atoms with E-state index in [2.05, 4.69) is 16.9 Å². The van der Waals surface area contributed by atoms with Gasteiger partial charge in [0.15, 0.2) is 0 Å². The Hall–Kier alpha value is -1.64. The van der Waals surface area contributed by atoms with E-state index in [1.165, 1.54) is 11.6 Å². The third-order valence-corrected chi connectivity index (χ3v) is 2.19. The molecule has 80 valence electrons. The Balaban J connectivity index is 2.31. The molecular weight excluding hydrogens is 188 g/mol. The van der Waals surface area contributed by atoms with Crippen LogP contribution in [0.3, 0.4) is 0 Å². The van der Waals surface area contributed by atoms with Gasteiger partial charge in [0, 0.05) is 18.4 Å². The highest BCUT2D eigenvalue weighted by Gasteiger charge is 2.04. The lowest BCUT2D eigenvalue weighted by molar-refractivity contribution is -0.117. The topological polar surface area (TPSA) is 42.0 Å². The van der Waals surface area contributed by atoms with Gasteiger partial charge in [-0.25, -0.2) is 0 Å². The second kappa shape index (κ2) is 5.96. The lowest BCUT2D eigenvalue weighted by atomic mass is 10.1. The van der Waals surface area contributed by atoms with E-state index in [-0.39, 0.29) is 11.9 Å². The van der Waals surface area contributed by atoms with Crippen molar-refractivity contribution in [2.45, 2.75) is 25.8 Å². The molecular formula is C12H16N2O. The van der Waals surface area contributed by atoms with Gasteiger partial charge in [0.05, 0.1) is 0 Å². The largest absolute Gasteiger partial charge is 0.350 e. The summed E-state index contributed by atoms with van der Waals surface area (Å²) < 4.78 is 0. The minimum atomic E-state index is -0.114. The number of carbonyl (C=O) groups excluding carboxylic acids is 1. The summed E-state index contributed by atoms with van der Waals surface area (Å²) in [6.07, 6.45) is 6.72. The van der Waals surface area contributed by atoms with Crippen molar-refractivity contribution in [3.63, 3.8) is 0 Å². The summed E-state index contributed by atoms with van der Waals surface area (Å²) in [5.41, 5.74) is 1.24. The quantitative estimate of drug-likeness (QED) is 0.742. The summed E-state index contributed by atoms with van der Waals surface area (Å²) in [5.74, 6) is -0.114. The van der Waals surface area contributed by atoms with Crippen molar-refractivity contribution in [3.05, 3.63) is 42.7 Å². The number of rotatable bonds is 5. The van der Waals surface area contributed by atoms with Crippen molar-refractivity contribution < 1.29 is 4.79 Å². The average Bonchev–Trinajstić information content (AvgIpc) is 2.27. The predicted octanol–water partition coefficient (Wildman–Crippen LogP) is 1.70. The fourth-order valence-electron chi connectivity index (χ4n) is 1.31. The molecule has 0 aliphatic carbocycles. The Morgan fingerprint density at radius 2 is 2.27 bits per heavy atom. The Labute approximate surface area is 90.2 Å². The number of hydrogen-bond donors (Lipinski definition) is 1. The molecule has 1 unspecified atom stereocenters. The van der Waals surface area contributed by atoms with E-state index in [1.54, 1.807) is 12.4 Å². The van der Waals surface area contributed by atoms with Crippen LogP contribution in [0.4, 0.5) is 0 Å². The molecule has 1 atom stereocenters. The molecule has 15 heavy (non-hydrogen) atoms. The molecule has 3 heteroatoms. The van der Waals surface area contributed by atoms with E-state index >= 15 is 0 Å². The predicted molar refractivity (Wildman–Crippen MR) is 60.4 cm³/mol. The standard InChI is InChI=1S/C12H16N2O/c1-3-12(15)14-10(2)4-5-11-6-8-13-9-7-11/h3,6-10H,1,4-5H2,2H3,(H,14,15). The van der Waals surface area contributed by atoms with Gasteiger partial charge < -0.3 is 5.32 Å². The highest BCUT2D eigenvalue weighted by atomic mass is 16.1. The van der Waals surface area contributed by atoms with Crippen LogP contribution < -0.4 is 5.32 Å².